The molecule has 3 heterocycles. The van der Waals surface area contributed by atoms with Gasteiger partial charge in [-0.05, 0) is 50.0 Å². The molecule has 0 saturated carbocycles. The standard InChI is InChI=1S/C20H23N5O/c1-26-18-7-3-2-6-15(18)16-11-17-19(23-10-9-22-17)20(25-16)24-13-14-5-4-8-21-12-14/h2-3,6-7,9-11,14,21H,4-5,8,12-13H2,1H3,(H,24,25). The number of methoxy groups -OCH3 is 1. The Morgan fingerprint density at radius 3 is 2.96 bits per heavy atom. The van der Waals surface area contributed by atoms with E-state index in [4.69, 9.17) is 9.72 Å². The lowest BCUT2D eigenvalue weighted by Gasteiger charge is -2.23. The molecule has 1 aliphatic rings. The third kappa shape index (κ3) is 3.46. The minimum atomic E-state index is 0.604. The molecule has 0 bridgehead atoms. The average Bonchev–Trinajstić information content (AvgIpc) is 2.72. The Bertz CT molecular complexity index is 892. The summed E-state index contributed by atoms with van der Waals surface area (Å²) < 4.78 is 5.50. The molecule has 0 radical (unpaired) electrons. The molecule has 2 aromatic heterocycles. The summed E-state index contributed by atoms with van der Waals surface area (Å²) in [6.45, 7) is 3.04. The summed E-state index contributed by atoms with van der Waals surface area (Å²) >= 11 is 0. The van der Waals surface area contributed by atoms with Gasteiger partial charge in [-0.15, -0.1) is 0 Å². The zero-order chi connectivity index (χ0) is 17.8. The first-order valence-corrected chi connectivity index (χ1v) is 9.05. The second-order valence-corrected chi connectivity index (χ2v) is 6.57. The van der Waals surface area contributed by atoms with Crippen LogP contribution in [0.15, 0.2) is 42.7 Å². The van der Waals surface area contributed by atoms with Gasteiger partial charge in [0.15, 0.2) is 5.82 Å². The number of para-hydroxylation sites is 1. The molecule has 1 aliphatic heterocycles. The number of hydrogen-bond acceptors (Lipinski definition) is 6. The monoisotopic (exact) mass is 349 g/mol. The maximum Gasteiger partial charge on any atom is 0.154 e. The largest absolute Gasteiger partial charge is 0.496 e. The molecule has 1 fully saturated rings. The van der Waals surface area contributed by atoms with E-state index in [1.54, 1.807) is 19.5 Å². The molecule has 1 saturated heterocycles. The van der Waals surface area contributed by atoms with Gasteiger partial charge in [0, 0.05) is 24.5 Å². The third-order valence-corrected chi connectivity index (χ3v) is 4.80. The Labute approximate surface area is 153 Å². The van der Waals surface area contributed by atoms with Gasteiger partial charge in [-0.1, -0.05) is 12.1 Å². The van der Waals surface area contributed by atoms with E-state index < -0.39 is 0 Å². The zero-order valence-corrected chi connectivity index (χ0v) is 14.9. The summed E-state index contributed by atoms with van der Waals surface area (Å²) in [5.41, 5.74) is 3.41. The Morgan fingerprint density at radius 2 is 2.12 bits per heavy atom. The summed E-state index contributed by atoms with van der Waals surface area (Å²) in [4.78, 5) is 13.8. The Kier molecular flexibility index (Phi) is 4.93. The number of nitrogens with one attached hydrogen (secondary N) is 2. The zero-order valence-electron chi connectivity index (χ0n) is 14.9. The predicted molar refractivity (Wildman–Crippen MR) is 103 cm³/mol. The minimum Gasteiger partial charge on any atom is -0.496 e. The van der Waals surface area contributed by atoms with E-state index in [9.17, 15) is 0 Å². The summed E-state index contributed by atoms with van der Waals surface area (Å²) in [6, 6.07) is 9.87. The SMILES string of the molecule is COc1ccccc1-c1cc2nccnc2c(NCC2CCCNC2)n1. The topological polar surface area (TPSA) is 72.0 Å². The van der Waals surface area contributed by atoms with Crippen molar-refractivity contribution in [2.75, 3.05) is 32.1 Å². The summed E-state index contributed by atoms with van der Waals surface area (Å²) in [5.74, 6) is 2.18. The van der Waals surface area contributed by atoms with Gasteiger partial charge in [-0.25, -0.2) is 9.97 Å². The molecule has 1 unspecified atom stereocenters. The number of anilines is 1. The minimum absolute atomic E-state index is 0.604. The van der Waals surface area contributed by atoms with Crippen LogP contribution in [-0.4, -0.2) is 41.7 Å². The smallest absolute Gasteiger partial charge is 0.154 e. The molecule has 1 aromatic carbocycles. The van der Waals surface area contributed by atoms with Crippen LogP contribution < -0.4 is 15.4 Å². The molecular weight excluding hydrogens is 326 g/mol. The van der Waals surface area contributed by atoms with Crippen LogP contribution in [-0.2, 0) is 0 Å². The van der Waals surface area contributed by atoms with Crippen molar-refractivity contribution in [2.45, 2.75) is 12.8 Å². The number of hydrogen-bond donors (Lipinski definition) is 2. The van der Waals surface area contributed by atoms with E-state index in [1.165, 1.54) is 12.8 Å². The molecule has 6 nitrogen and oxygen atoms in total. The van der Waals surface area contributed by atoms with Crippen LogP contribution in [0, 0.1) is 5.92 Å². The number of piperidine rings is 1. The third-order valence-electron chi connectivity index (χ3n) is 4.80. The number of nitrogens with zero attached hydrogens (tertiary/aromatic N) is 3. The lowest BCUT2D eigenvalue weighted by atomic mass is 10.00. The van der Waals surface area contributed by atoms with E-state index in [0.29, 0.717) is 5.92 Å². The molecule has 2 N–H and O–H groups in total. The van der Waals surface area contributed by atoms with E-state index in [2.05, 4.69) is 20.6 Å². The molecule has 0 amide bonds. The lowest BCUT2D eigenvalue weighted by molar-refractivity contribution is 0.392. The number of benzene rings is 1. The van der Waals surface area contributed by atoms with E-state index in [0.717, 1.165) is 53.5 Å². The highest BCUT2D eigenvalue weighted by Gasteiger charge is 2.16. The van der Waals surface area contributed by atoms with E-state index in [-0.39, 0.29) is 0 Å². The molecule has 0 aliphatic carbocycles. The Hall–Kier alpha value is -2.73. The van der Waals surface area contributed by atoms with Crippen molar-refractivity contribution in [3.63, 3.8) is 0 Å². The first-order chi connectivity index (χ1) is 12.8. The number of fused-ring (bicyclic) bond motifs is 1. The highest BCUT2D eigenvalue weighted by Crippen LogP contribution is 2.31. The molecule has 4 rings (SSSR count). The predicted octanol–water partition coefficient (Wildman–Crippen LogP) is 3.11. The van der Waals surface area contributed by atoms with Gasteiger partial charge in [0.25, 0.3) is 0 Å². The van der Waals surface area contributed by atoms with Gasteiger partial charge >= 0.3 is 0 Å². The van der Waals surface area contributed by atoms with Gasteiger partial charge in [0.05, 0.1) is 18.3 Å². The van der Waals surface area contributed by atoms with E-state index >= 15 is 0 Å². The molecule has 3 aromatic rings. The number of aromatic nitrogens is 3. The summed E-state index contributed by atoms with van der Waals surface area (Å²) in [7, 11) is 1.68. The van der Waals surface area contributed by atoms with Crippen molar-refractivity contribution in [3.8, 4) is 17.0 Å². The first-order valence-electron chi connectivity index (χ1n) is 9.05. The second kappa shape index (κ2) is 7.66. The quantitative estimate of drug-likeness (QED) is 0.737. The van der Waals surface area contributed by atoms with Crippen LogP contribution in [0.1, 0.15) is 12.8 Å². The fourth-order valence-corrected chi connectivity index (χ4v) is 3.43. The van der Waals surface area contributed by atoms with Gasteiger partial charge in [-0.3, -0.25) is 4.98 Å². The molecule has 26 heavy (non-hydrogen) atoms. The van der Waals surface area contributed by atoms with Gasteiger partial charge in [0.2, 0.25) is 0 Å². The fourth-order valence-electron chi connectivity index (χ4n) is 3.43. The van der Waals surface area contributed by atoms with Crippen LogP contribution in [0.25, 0.3) is 22.3 Å². The Morgan fingerprint density at radius 1 is 1.23 bits per heavy atom. The van der Waals surface area contributed by atoms with Crippen molar-refractivity contribution < 1.29 is 4.74 Å². The maximum atomic E-state index is 5.50. The molecule has 134 valence electrons. The van der Waals surface area contributed by atoms with Crippen molar-refractivity contribution in [3.05, 3.63) is 42.7 Å². The summed E-state index contributed by atoms with van der Waals surface area (Å²) in [5, 5.41) is 6.97. The van der Waals surface area contributed by atoms with Crippen molar-refractivity contribution >= 4 is 16.9 Å². The van der Waals surface area contributed by atoms with Crippen LogP contribution in [0.4, 0.5) is 5.82 Å². The number of ether oxygens (including phenoxy) is 1. The number of pyridine rings is 1. The second-order valence-electron chi connectivity index (χ2n) is 6.57. The van der Waals surface area contributed by atoms with E-state index in [1.807, 2.05) is 30.3 Å². The van der Waals surface area contributed by atoms with Gasteiger partial charge in [-0.2, -0.15) is 0 Å². The first kappa shape index (κ1) is 16.7. The average molecular weight is 349 g/mol. The Balaban J connectivity index is 1.71. The van der Waals surface area contributed by atoms with Crippen molar-refractivity contribution in [1.29, 1.82) is 0 Å². The molecule has 1 atom stereocenters. The van der Waals surface area contributed by atoms with Crippen molar-refractivity contribution in [1.82, 2.24) is 20.3 Å². The van der Waals surface area contributed by atoms with Crippen LogP contribution in [0.3, 0.4) is 0 Å². The van der Waals surface area contributed by atoms with Gasteiger partial charge in [0.1, 0.15) is 11.3 Å². The molecule has 0 spiro atoms. The molecule has 6 heteroatoms. The fraction of sp³-hybridized carbons (Fsp3) is 0.350. The van der Waals surface area contributed by atoms with Gasteiger partial charge < -0.3 is 15.4 Å². The normalized spacial score (nSPS) is 17.2. The maximum absolute atomic E-state index is 5.50. The van der Waals surface area contributed by atoms with Crippen molar-refractivity contribution in [2.24, 2.45) is 5.92 Å². The summed E-state index contributed by atoms with van der Waals surface area (Å²) in [6.07, 6.45) is 5.88. The van der Waals surface area contributed by atoms with Crippen LogP contribution in [0.5, 0.6) is 5.75 Å². The number of rotatable bonds is 5. The van der Waals surface area contributed by atoms with Crippen LogP contribution >= 0.6 is 0 Å². The highest BCUT2D eigenvalue weighted by atomic mass is 16.5. The lowest BCUT2D eigenvalue weighted by Crippen LogP contribution is -2.33. The van der Waals surface area contributed by atoms with Crippen LogP contribution in [0.2, 0.25) is 0 Å². The molecular formula is C20H23N5O. The highest BCUT2D eigenvalue weighted by molar-refractivity contribution is 5.89.